The number of pyridine rings is 1. The van der Waals surface area contributed by atoms with E-state index in [2.05, 4.69) is 24.0 Å². The Labute approximate surface area is 138 Å². The standard InChI is InChI=1S/C17H15Cl2NS/c1-2-3-8-21-12-5-7-15-14(10-12)17(19)13-6-4-11(18)9-16(13)20-15/h4-7,9-10H,2-3,8H2,1H3. The molecular formula is C17H15Cl2NS. The Kier molecular flexibility index (Phi) is 4.58. The van der Waals surface area contributed by atoms with Crippen LogP contribution in [0, 0.1) is 0 Å². The van der Waals surface area contributed by atoms with Gasteiger partial charge in [-0.05, 0) is 48.6 Å². The lowest BCUT2D eigenvalue weighted by atomic mass is 10.1. The van der Waals surface area contributed by atoms with Crippen LogP contribution in [0.5, 0.6) is 0 Å². The van der Waals surface area contributed by atoms with E-state index in [-0.39, 0.29) is 0 Å². The number of nitrogens with zero attached hydrogens (tertiary/aromatic N) is 1. The van der Waals surface area contributed by atoms with Gasteiger partial charge in [0, 0.05) is 20.7 Å². The van der Waals surface area contributed by atoms with Gasteiger partial charge in [0.2, 0.25) is 0 Å². The van der Waals surface area contributed by atoms with Gasteiger partial charge in [-0.3, -0.25) is 0 Å². The monoisotopic (exact) mass is 335 g/mol. The van der Waals surface area contributed by atoms with Crippen LogP contribution in [0.4, 0.5) is 0 Å². The van der Waals surface area contributed by atoms with E-state index >= 15 is 0 Å². The van der Waals surface area contributed by atoms with Crippen LogP contribution in [0.1, 0.15) is 19.8 Å². The van der Waals surface area contributed by atoms with Crippen LogP contribution in [0.2, 0.25) is 10.0 Å². The Balaban J connectivity index is 2.10. The zero-order valence-corrected chi connectivity index (χ0v) is 14.0. The molecule has 0 aliphatic heterocycles. The van der Waals surface area contributed by atoms with E-state index < -0.39 is 0 Å². The fraction of sp³-hybridized carbons (Fsp3) is 0.235. The van der Waals surface area contributed by atoms with Crippen LogP contribution in [-0.2, 0) is 0 Å². The molecule has 0 atom stereocenters. The number of aromatic nitrogens is 1. The first kappa shape index (κ1) is 15.0. The molecular weight excluding hydrogens is 321 g/mol. The van der Waals surface area contributed by atoms with Gasteiger partial charge in [0.15, 0.2) is 0 Å². The van der Waals surface area contributed by atoms with E-state index in [9.17, 15) is 0 Å². The predicted octanol–water partition coefficient (Wildman–Crippen LogP) is 6.59. The lowest BCUT2D eigenvalue weighted by molar-refractivity contribution is 0.896. The summed E-state index contributed by atoms with van der Waals surface area (Å²) in [6, 6.07) is 11.9. The van der Waals surface area contributed by atoms with E-state index in [1.54, 1.807) is 0 Å². The van der Waals surface area contributed by atoms with Crippen LogP contribution >= 0.6 is 35.0 Å². The van der Waals surface area contributed by atoms with Crippen molar-refractivity contribution in [2.75, 3.05) is 5.75 Å². The summed E-state index contributed by atoms with van der Waals surface area (Å²) in [4.78, 5) is 5.90. The molecule has 1 nitrogen and oxygen atoms in total. The SMILES string of the molecule is CCCCSc1ccc2nc3cc(Cl)ccc3c(Cl)c2c1. The summed E-state index contributed by atoms with van der Waals surface area (Å²) in [5.41, 5.74) is 1.75. The molecule has 0 unspecified atom stereocenters. The lowest BCUT2D eigenvalue weighted by Gasteiger charge is -2.08. The van der Waals surface area contributed by atoms with E-state index in [1.807, 2.05) is 36.0 Å². The van der Waals surface area contributed by atoms with Gasteiger partial charge in [0.05, 0.1) is 16.1 Å². The van der Waals surface area contributed by atoms with Crippen LogP contribution < -0.4 is 0 Å². The molecule has 108 valence electrons. The molecule has 3 aromatic rings. The van der Waals surface area contributed by atoms with Gasteiger partial charge in [-0.2, -0.15) is 0 Å². The third-order valence-corrected chi connectivity index (χ3v) is 5.13. The Morgan fingerprint density at radius 3 is 2.67 bits per heavy atom. The first-order valence-corrected chi connectivity index (χ1v) is 8.74. The minimum absolute atomic E-state index is 0.678. The van der Waals surface area contributed by atoms with Crippen LogP contribution in [0.3, 0.4) is 0 Å². The number of unbranched alkanes of at least 4 members (excludes halogenated alkanes) is 1. The van der Waals surface area contributed by atoms with Gasteiger partial charge in [-0.15, -0.1) is 11.8 Å². The maximum absolute atomic E-state index is 6.57. The van der Waals surface area contributed by atoms with Crippen molar-refractivity contribution in [1.82, 2.24) is 4.98 Å². The summed E-state index contributed by atoms with van der Waals surface area (Å²) in [6.45, 7) is 2.21. The zero-order valence-electron chi connectivity index (χ0n) is 11.7. The second kappa shape index (κ2) is 6.43. The van der Waals surface area contributed by atoms with Gasteiger partial charge in [0.25, 0.3) is 0 Å². The number of hydrogen-bond acceptors (Lipinski definition) is 2. The minimum atomic E-state index is 0.678. The lowest BCUT2D eigenvalue weighted by Crippen LogP contribution is -1.86. The molecule has 0 spiro atoms. The molecule has 0 saturated carbocycles. The molecule has 0 bridgehead atoms. The summed E-state index contributed by atoms with van der Waals surface area (Å²) in [7, 11) is 0. The van der Waals surface area contributed by atoms with Gasteiger partial charge in [-0.1, -0.05) is 36.5 Å². The highest BCUT2D eigenvalue weighted by Gasteiger charge is 2.08. The van der Waals surface area contributed by atoms with Gasteiger partial charge in [-0.25, -0.2) is 4.98 Å². The van der Waals surface area contributed by atoms with Crippen molar-refractivity contribution >= 4 is 56.8 Å². The summed E-state index contributed by atoms with van der Waals surface area (Å²) in [5, 5.41) is 3.39. The van der Waals surface area contributed by atoms with Crippen molar-refractivity contribution in [3.8, 4) is 0 Å². The highest BCUT2D eigenvalue weighted by molar-refractivity contribution is 7.99. The molecule has 0 saturated heterocycles. The predicted molar refractivity (Wildman–Crippen MR) is 94.9 cm³/mol. The molecule has 1 heterocycles. The summed E-state index contributed by atoms with van der Waals surface area (Å²) < 4.78 is 0. The van der Waals surface area contributed by atoms with E-state index in [0.717, 1.165) is 32.6 Å². The van der Waals surface area contributed by atoms with Crippen LogP contribution in [0.15, 0.2) is 41.3 Å². The highest BCUT2D eigenvalue weighted by atomic mass is 35.5. The van der Waals surface area contributed by atoms with Gasteiger partial charge in [0.1, 0.15) is 0 Å². The Hall–Kier alpha value is -0.960. The number of halogens is 2. The van der Waals surface area contributed by atoms with Crippen molar-refractivity contribution in [3.63, 3.8) is 0 Å². The average Bonchev–Trinajstić information content (AvgIpc) is 2.48. The molecule has 0 N–H and O–H groups in total. The third-order valence-electron chi connectivity index (χ3n) is 3.41. The van der Waals surface area contributed by atoms with Crippen LogP contribution in [-0.4, -0.2) is 10.7 Å². The van der Waals surface area contributed by atoms with E-state index in [4.69, 9.17) is 23.2 Å². The average molecular weight is 336 g/mol. The molecule has 0 amide bonds. The fourth-order valence-corrected chi connectivity index (χ4v) is 3.78. The smallest absolute Gasteiger partial charge is 0.0739 e. The largest absolute Gasteiger partial charge is 0.248 e. The van der Waals surface area contributed by atoms with E-state index in [1.165, 1.54) is 17.7 Å². The second-order valence-electron chi connectivity index (χ2n) is 4.97. The maximum atomic E-state index is 6.57. The topological polar surface area (TPSA) is 12.9 Å². The number of benzene rings is 2. The number of fused-ring (bicyclic) bond motifs is 2. The first-order valence-electron chi connectivity index (χ1n) is 7.00. The number of rotatable bonds is 4. The molecule has 0 fully saturated rings. The number of thioether (sulfide) groups is 1. The molecule has 1 aromatic heterocycles. The Morgan fingerprint density at radius 2 is 1.86 bits per heavy atom. The highest BCUT2D eigenvalue weighted by Crippen LogP contribution is 2.34. The molecule has 21 heavy (non-hydrogen) atoms. The number of hydrogen-bond donors (Lipinski definition) is 0. The zero-order chi connectivity index (χ0) is 14.8. The minimum Gasteiger partial charge on any atom is -0.248 e. The molecule has 0 aliphatic rings. The second-order valence-corrected chi connectivity index (χ2v) is 6.95. The van der Waals surface area contributed by atoms with Crippen LogP contribution in [0.25, 0.3) is 21.8 Å². The van der Waals surface area contributed by atoms with Crippen molar-refractivity contribution in [2.24, 2.45) is 0 Å². The summed E-state index contributed by atoms with van der Waals surface area (Å²) in [6.07, 6.45) is 2.44. The summed E-state index contributed by atoms with van der Waals surface area (Å²) >= 11 is 14.5. The van der Waals surface area contributed by atoms with Crippen molar-refractivity contribution in [1.29, 1.82) is 0 Å². The van der Waals surface area contributed by atoms with Gasteiger partial charge < -0.3 is 0 Å². The quantitative estimate of drug-likeness (QED) is 0.303. The molecule has 0 radical (unpaired) electrons. The third kappa shape index (κ3) is 3.13. The summed E-state index contributed by atoms with van der Waals surface area (Å²) in [5.74, 6) is 1.14. The van der Waals surface area contributed by atoms with Crippen molar-refractivity contribution in [3.05, 3.63) is 46.4 Å². The first-order chi connectivity index (χ1) is 10.2. The molecule has 2 aromatic carbocycles. The van der Waals surface area contributed by atoms with E-state index in [0.29, 0.717) is 5.02 Å². The molecule has 4 heteroatoms. The molecule has 3 rings (SSSR count). The van der Waals surface area contributed by atoms with Crippen molar-refractivity contribution in [2.45, 2.75) is 24.7 Å². The maximum Gasteiger partial charge on any atom is 0.0739 e. The normalized spacial score (nSPS) is 11.4. The fourth-order valence-electron chi connectivity index (χ4n) is 2.27. The Morgan fingerprint density at radius 1 is 1.00 bits per heavy atom. The van der Waals surface area contributed by atoms with Gasteiger partial charge >= 0.3 is 0 Å². The molecule has 0 aliphatic carbocycles. The van der Waals surface area contributed by atoms with Crippen molar-refractivity contribution < 1.29 is 0 Å². The Bertz CT molecular complexity index is 801.